The van der Waals surface area contributed by atoms with Crippen molar-refractivity contribution in [3.63, 3.8) is 0 Å². The molecule has 0 bridgehead atoms. The molecule has 1 aliphatic rings. The summed E-state index contributed by atoms with van der Waals surface area (Å²) in [4.78, 5) is 9.01. The fraction of sp³-hybridized carbons (Fsp3) is 0.667. The van der Waals surface area contributed by atoms with Crippen molar-refractivity contribution >= 4 is 5.82 Å². The van der Waals surface area contributed by atoms with Crippen LogP contribution in [0.25, 0.3) is 0 Å². The van der Waals surface area contributed by atoms with E-state index in [2.05, 4.69) is 20.6 Å². The van der Waals surface area contributed by atoms with E-state index in [0.29, 0.717) is 0 Å². The van der Waals surface area contributed by atoms with E-state index in [1.165, 1.54) is 12.8 Å². The average molecular weight is 220 g/mol. The summed E-state index contributed by atoms with van der Waals surface area (Å²) in [5.74, 6) is 2.65. The van der Waals surface area contributed by atoms with Gasteiger partial charge in [-0.1, -0.05) is 0 Å². The molecule has 16 heavy (non-hydrogen) atoms. The van der Waals surface area contributed by atoms with E-state index in [1.807, 2.05) is 20.0 Å². The van der Waals surface area contributed by atoms with Crippen LogP contribution in [0.3, 0.4) is 0 Å². The van der Waals surface area contributed by atoms with Crippen molar-refractivity contribution in [2.75, 3.05) is 25.5 Å². The summed E-state index contributed by atoms with van der Waals surface area (Å²) in [5.41, 5.74) is 1.04. The van der Waals surface area contributed by atoms with Gasteiger partial charge in [0.05, 0.1) is 0 Å². The Labute approximate surface area is 96.9 Å². The lowest BCUT2D eigenvalue weighted by Crippen LogP contribution is -2.29. The van der Waals surface area contributed by atoms with Crippen LogP contribution in [0.15, 0.2) is 6.07 Å². The molecule has 1 aromatic heterocycles. The van der Waals surface area contributed by atoms with Crippen LogP contribution >= 0.6 is 0 Å². The fourth-order valence-electron chi connectivity index (χ4n) is 2.19. The lowest BCUT2D eigenvalue weighted by molar-refractivity contribution is 0.367. The van der Waals surface area contributed by atoms with Gasteiger partial charge in [0.15, 0.2) is 0 Å². The largest absolute Gasteiger partial charge is 0.373 e. The molecule has 1 aliphatic heterocycles. The van der Waals surface area contributed by atoms with Crippen LogP contribution in [0.4, 0.5) is 5.82 Å². The number of piperidine rings is 1. The Kier molecular flexibility index (Phi) is 3.72. The zero-order chi connectivity index (χ0) is 11.4. The molecule has 4 nitrogen and oxygen atoms in total. The molecule has 2 heterocycles. The minimum Gasteiger partial charge on any atom is -0.373 e. The number of anilines is 1. The molecule has 0 aliphatic carbocycles. The molecular weight excluding hydrogens is 200 g/mol. The number of nitrogens with zero attached hydrogens (tertiary/aromatic N) is 2. The smallest absolute Gasteiger partial charge is 0.131 e. The number of aromatic nitrogens is 2. The lowest BCUT2D eigenvalue weighted by Gasteiger charge is -2.21. The normalized spacial score (nSPS) is 17.4. The summed E-state index contributed by atoms with van der Waals surface area (Å²) < 4.78 is 0. The average Bonchev–Trinajstić information content (AvgIpc) is 2.29. The molecule has 1 fully saturated rings. The SMILES string of the molecule is CNc1cc(C)nc(CC2CCNCC2)n1. The molecule has 0 aromatic carbocycles. The van der Waals surface area contributed by atoms with Crippen LogP contribution in [0.5, 0.6) is 0 Å². The van der Waals surface area contributed by atoms with Crippen LogP contribution in [0, 0.1) is 12.8 Å². The third kappa shape index (κ3) is 2.92. The van der Waals surface area contributed by atoms with E-state index in [4.69, 9.17) is 0 Å². The van der Waals surface area contributed by atoms with Crippen LogP contribution in [0.1, 0.15) is 24.4 Å². The number of aryl methyl sites for hydroxylation is 1. The highest BCUT2D eigenvalue weighted by molar-refractivity contribution is 5.34. The Balaban J connectivity index is 2.04. The summed E-state index contributed by atoms with van der Waals surface area (Å²) in [6.07, 6.45) is 3.50. The third-order valence-corrected chi connectivity index (χ3v) is 3.09. The van der Waals surface area contributed by atoms with Gasteiger partial charge in [-0.3, -0.25) is 0 Å². The first kappa shape index (κ1) is 11.3. The Morgan fingerprint density at radius 2 is 2.12 bits per heavy atom. The van der Waals surface area contributed by atoms with E-state index >= 15 is 0 Å². The minimum absolute atomic E-state index is 0.743. The van der Waals surface area contributed by atoms with Crippen LogP contribution < -0.4 is 10.6 Å². The zero-order valence-corrected chi connectivity index (χ0v) is 10.1. The highest BCUT2D eigenvalue weighted by Gasteiger charge is 2.15. The van der Waals surface area contributed by atoms with Crippen LogP contribution in [-0.4, -0.2) is 30.1 Å². The van der Waals surface area contributed by atoms with Crippen molar-refractivity contribution in [2.45, 2.75) is 26.2 Å². The molecule has 0 saturated carbocycles. The standard InChI is InChI=1S/C12H20N4/c1-9-7-11(13-2)16-12(15-9)8-10-3-5-14-6-4-10/h7,10,14H,3-6,8H2,1-2H3,(H,13,15,16). The first-order chi connectivity index (χ1) is 7.78. The third-order valence-electron chi connectivity index (χ3n) is 3.09. The van der Waals surface area contributed by atoms with Crippen molar-refractivity contribution in [2.24, 2.45) is 5.92 Å². The van der Waals surface area contributed by atoms with E-state index in [9.17, 15) is 0 Å². The van der Waals surface area contributed by atoms with Crippen molar-refractivity contribution < 1.29 is 0 Å². The van der Waals surface area contributed by atoms with Gasteiger partial charge >= 0.3 is 0 Å². The molecule has 0 radical (unpaired) electrons. The van der Waals surface area contributed by atoms with E-state index < -0.39 is 0 Å². The van der Waals surface area contributed by atoms with Crippen LogP contribution in [-0.2, 0) is 6.42 Å². The Morgan fingerprint density at radius 3 is 2.81 bits per heavy atom. The monoisotopic (exact) mass is 220 g/mol. The summed E-state index contributed by atoms with van der Waals surface area (Å²) in [6.45, 7) is 4.29. The second-order valence-electron chi connectivity index (χ2n) is 4.46. The Bertz CT molecular complexity index is 345. The van der Waals surface area contributed by atoms with E-state index in [1.54, 1.807) is 0 Å². The maximum atomic E-state index is 4.50. The van der Waals surface area contributed by atoms with Gasteiger partial charge < -0.3 is 10.6 Å². The second kappa shape index (κ2) is 5.25. The molecule has 4 heteroatoms. The Morgan fingerprint density at radius 1 is 1.38 bits per heavy atom. The van der Waals surface area contributed by atoms with Crippen molar-refractivity contribution in [3.05, 3.63) is 17.6 Å². The number of nitrogens with one attached hydrogen (secondary N) is 2. The van der Waals surface area contributed by atoms with Gasteiger partial charge in [0.1, 0.15) is 11.6 Å². The summed E-state index contributed by atoms with van der Waals surface area (Å²) in [5, 5.41) is 6.46. The predicted octanol–water partition coefficient (Wildman–Crippen LogP) is 1.37. The number of hydrogen-bond donors (Lipinski definition) is 2. The van der Waals surface area contributed by atoms with Gasteiger partial charge in [0.25, 0.3) is 0 Å². The molecule has 0 atom stereocenters. The summed E-state index contributed by atoms with van der Waals surface area (Å²) in [6, 6.07) is 1.98. The number of rotatable bonds is 3. The molecular formula is C12H20N4. The minimum atomic E-state index is 0.743. The van der Waals surface area contributed by atoms with Crippen molar-refractivity contribution in [1.29, 1.82) is 0 Å². The second-order valence-corrected chi connectivity index (χ2v) is 4.46. The molecule has 2 N–H and O–H groups in total. The van der Waals surface area contributed by atoms with Gasteiger partial charge in [-0.05, 0) is 38.8 Å². The van der Waals surface area contributed by atoms with Gasteiger partial charge in [-0.25, -0.2) is 9.97 Å². The fourth-order valence-corrected chi connectivity index (χ4v) is 2.19. The van der Waals surface area contributed by atoms with E-state index in [-0.39, 0.29) is 0 Å². The summed E-state index contributed by atoms with van der Waals surface area (Å²) in [7, 11) is 1.90. The maximum Gasteiger partial charge on any atom is 0.131 e. The molecule has 0 unspecified atom stereocenters. The summed E-state index contributed by atoms with van der Waals surface area (Å²) >= 11 is 0. The lowest BCUT2D eigenvalue weighted by atomic mass is 9.94. The van der Waals surface area contributed by atoms with Crippen molar-refractivity contribution in [3.8, 4) is 0 Å². The molecule has 2 rings (SSSR count). The quantitative estimate of drug-likeness (QED) is 0.807. The zero-order valence-electron chi connectivity index (χ0n) is 10.1. The van der Waals surface area contributed by atoms with Gasteiger partial charge in [0.2, 0.25) is 0 Å². The first-order valence-corrected chi connectivity index (χ1v) is 6.01. The molecule has 1 aromatic rings. The van der Waals surface area contributed by atoms with Gasteiger partial charge in [-0.2, -0.15) is 0 Å². The highest BCUT2D eigenvalue weighted by Crippen LogP contribution is 2.17. The molecule has 88 valence electrons. The number of hydrogen-bond acceptors (Lipinski definition) is 4. The van der Waals surface area contributed by atoms with Crippen molar-refractivity contribution in [1.82, 2.24) is 15.3 Å². The van der Waals surface area contributed by atoms with Gasteiger partial charge in [-0.15, -0.1) is 0 Å². The molecule has 0 amide bonds. The molecule has 0 spiro atoms. The first-order valence-electron chi connectivity index (χ1n) is 6.01. The van der Waals surface area contributed by atoms with E-state index in [0.717, 1.165) is 42.8 Å². The van der Waals surface area contributed by atoms with Crippen LogP contribution in [0.2, 0.25) is 0 Å². The topological polar surface area (TPSA) is 49.8 Å². The maximum absolute atomic E-state index is 4.50. The molecule has 1 saturated heterocycles. The Hall–Kier alpha value is -1.16. The van der Waals surface area contributed by atoms with Gasteiger partial charge in [0, 0.05) is 25.2 Å². The highest BCUT2D eigenvalue weighted by atomic mass is 15.0. The predicted molar refractivity (Wildman–Crippen MR) is 65.6 cm³/mol.